The van der Waals surface area contributed by atoms with Gasteiger partial charge in [-0.25, -0.2) is 9.13 Å². The van der Waals surface area contributed by atoms with E-state index in [1.54, 1.807) is 0 Å². The zero-order chi connectivity index (χ0) is 67.5. The smallest absolute Gasteiger partial charge is 0.462 e. The summed E-state index contributed by atoms with van der Waals surface area (Å²) in [6.45, 7) is 14.1. The minimum Gasteiger partial charge on any atom is -0.462 e. The molecule has 0 rings (SSSR count). The van der Waals surface area contributed by atoms with E-state index >= 15 is 0 Å². The van der Waals surface area contributed by atoms with Crippen LogP contribution in [0, 0.1) is 23.7 Å². The molecule has 3 N–H and O–H groups in total. The Morgan fingerprint density at radius 3 is 0.780 bits per heavy atom. The third-order valence-electron chi connectivity index (χ3n) is 16.9. The van der Waals surface area contributed by atoms with Crippen molar-refractivity contribution in [1.82, 2.24) is 0 Å². The maximum Gasteiger partial charge on any atom is 0.472 e. The molecule has 0 aliphatic carbocycles. The number of hydrogen-bond acceptors (Lipinski definition) is 15. The van der Waals surface area contributed by atoms with Crippen molar-refractivity contribution in [2.45, 2.75) is 375 Å². The van der Waals surface area contributed by atoms with Crippen molar-refractivity contribution in [1.29, 1.82) is 0 Å². The van der Waals surface area contributed by atoms with E-state index in [1.807, 2.05) is 0 Å². The summed E-state index contributed by atoms with van der Waals surface area (Å²) in [6.07, 6.45) is 44.7. The Morgan fingerprint density at radius 1 is 0.308 bits per heavy atom. The fraction of sp³-hybridized carbons (Fsp3) is 0.944. The van der Waals surface area contributed by atoms with E-state index < -0.39 is 97.5 Å². The lowest BCUT2D eigenvalue weighted by atomic mass is 9.99. The summed E-state index contributed by atoms with van der Waals surface area (Å²) >= 11 is 0. The van der Waals surface area contributed by atoms with Gasteiger partial charge in [-0.15, -0.1) is 0 Å². The van der Waals surface area contributed by atoms with Crippen molar-refractivity contribution < 1.29 is 80.2 Å². The van der Waals surface area contributed by atoms with E-state index in [1.165, 1.54) is 154 Å². The van der Waals surface area contributed by atoms with Gasteiger partial charge in [0, 0.05) is 25.7 Å². The van der Waals surface area contributed by atoms with Crippen LogP contribution in [0.2, 0.25) is 0 Å². The fourth-order valence-corrected chi connectivity index (χ4v) is 12.4. The lowest BCUT2D eigenvalue weighted by Crippen LogP contribution is -2.30. The van der Waals surface area contributed by atoms with Gasteiger partial charge in [-0.2, -0.15) is 0 Å². The number of unbranched alkanes of at least 4 members (excludes halogenated alkanes) is 34. The van der Waals surface area contributed by atoms with Crippen LogP contribution in [-0.4, -0.2) is 96.7 Å². The zero-order valence-electron chi connectivity index (χ0n) is 59.5. The molecule has 17 nitrogen and oxygen atoms in total. The first-order chi connectivity index (χ1) is 43.6. The van der Waals surface area contributed by atoms with Crippen molar-refractivity contribution in [3.63, 3.8) is 0 Å². The van der Waals surface area contributed by atoms with Crippen LogP contribution in [0.15, 0.2) is 0 Å². The third-order valence-corrected chi connectivity index (χ3v) is 18.8. The van der Waals surface area contributed by atoms with Gasteiger partial charge in [-0.3, -0.25) is 37.3 Å². The second kappa shape index (κ2) is 61.6. The van der Waals surface area contributed by atoms with Crippen LogP contribution in [0.4, 0.5) is 0 Å². The number of ether oxygens (including phenoxy) is 4. The second-order valence-electron chi connectivity index (χ2n) is 27.6. The monoisotopic (exact) mass is 1340 g/mol. The normalized spacial score (nSPS) is 14.5. The topological polar surface area (TPSA) is 237 Å². The molecule has 19 heteroatoms. The zero-order valence-corrected chi connectivity index (χ0v) is 61.3. The molecule has 0 bridgehead atoms. The summed E-state index contributed by atoms with van der Waals surface area (Å²) in [5, 5.41) is 10.6. The predicted molar refractivity (Wildman–Crippen MR) is 367 cm³/mol. The van der Waals surface area contributed by atoms with Gasteiger partial charge in [0.2, 0.25) is 0 Å². The molecule has 540 valence electrons. The molecule has 0 aromatic rings. The standard InChI is InChI=1S/C72H140O17P2/c1-9-65(8)51-43-35-27-20-21-29-38-46-54-71(76)88-67(59-83-70(75)53-45-37-30-22-25-33-41-49-63(4)5)60-86-90(78,79)84-56-66(73)57-85-91(80,81)87-61-68(89-72(77)55-47-39-31-23-26-34-42-50-64(6)7)58-82-69(74)52-44-36-28-19-17-15-13-11-10-12-14-16-18-24-32-40-48-62(2)3/h62-68,73H,9-61H2,1-8H3,(H,78,79)(H,80,81)/t65?,66?,67-,68-/m1/s1. The summed E-state index contributed by atoms with van der Waals surface area (Å²) in [4.78, 5) is 72.5. The van der Waals surface area contributed by atoms with Crippen molar-refractivity contribution in [3.8, 4) is 0 Å². The van der Waals surface area contributed by atoms with Gasteiger partial charge < -0.3 is 33.8 Å². The molecule has 4 unspecified atom stereocenters. The molecule has 0 aliphatic rings. The molecule has 91 heavy (non-hydrogen) atoms. The minimum absolute atomic E-state index is 0.103. The maximum absolute atomic E-state index is 13.0. The van der Waals surface area contributed by atoms with Gasteiger partial charge in [0.1, 0.15) is 19.3 Å². The molecule has 0 saturated heterocycles. The Bertz CT molecular complexity index is 1800. The number of aliphatic hydroxyl groups is 1. The Labute approximate surface area is 556 Å². The number of carbonyl (C=O) groups is 4. The first-order valence-corrected chi connectivity index (χ1v) is 40.2. The molecular weight excluding hydrogens is 1200 g/mol. The van der Waals surface area contributed by atoms with Crippen LogP contribution in [0.3, 0.4) is 0 Å². The van der Waals surface area contributed by atoms with Crippen LogP contribution in [-0.2, 0) is 65.4 Å². The van der Waals surface area contributed by atoms with Crippen molar-refractivity contribution >= 4 is 39.5 Å². The van der Waals surface area contributed by atoms with Crippen LogP contribution in [0.1, 0.15) is 357 Å². The Kier molecular flexibility index (Phi) is 60.3. The molecule has 6 atom stereocenters. The SMILES string of the molecule is CCC(C)CCCCCCCCCCC(=O)O[C@H](COC(=O)CCCCCCCCCC(C)C)COP(=O)(O)OCC(O)COP(=O)(O)OC[C@@H](COC(=O)CCCCCCCCCCCCCCCCCCC(C)C)OC(=O)CCCCCCCCCC(C)C. The van der Waals surface area contributed by atoms with Gasteiger partial charge in [0.05, 0.1) is 26.4 Å². The van der Waals surface area contributed by atoms with E-state index in [0.717, 1.165) is 108 Å². The maximum atomic E-state index is 13.0. The van der Waals surface area contributed by atoms with Crippen molar-refractivity contribution in [2.24, 2.45) is 23.7 Å². The third kappa shape index (κ3) is 65.1. The molecule has 0 aromatic heterocycles. The van der Waals surface area contributed by atoms with Crippen LogP contribution in [0.25, 0.3) is 0 Å². The summed E-state index contributed by atoms with van der Waals surface area (Å²) in [6, 6.07) is 0. The largest absolute Gasteiger partial charge is 0.472 e. The number of phosphoric ester groups is 2. The number of esters is 4. The highest BCUT2D eigenvalue weighted by Crippen LogP contribution is 2.45. The van der Waals surface area contributed by atoms with Crippen LogP contribution >= 0.6 is 15.6 Å². The predicted octanol–water partition coefficient (Wildman–Crippen LogP) is 20.5. The van der Waals surface area contributed by atoms with Gasteiger partial charge >= 0.3 is 39.5 Å². The van der Waals surface area contributed by atoms with Gasteiger partial charge in [0.15, 0.2) is 12.2 Å². The van der Waals surface area contributed by atoms with Crippen molar-refractivity contribution in [3.05, 3.63) is 0 Å². The Balaban J connectivity index is 5.18. The lowest BCUT2D eigenvalue weighted by Gasteiger charge is -2.21. The quantitative estimate of drug-likeness (QED) is 0.0222. The van der Waals surface area contributed by atoms with Gasteiger partial charge in [0.25, 0.3) is 0 Å². The second-order valence-corrected chi connectivity index (χ2v) is 30.6. The first-order valence-electron chi connectivity index (χ1n) is 37.2. The molecule has 0 saturated carbocycles. The molecule has 0 spiro atoms. The van der Waals surface area contributed by atoms with E-state index in [-0.39, 0.29) is 25.7 Å². The average molecular weight is 1340 g/mol. The summed E-state index contributed by atoms with van der Waals surface area (Å²) in [5.74, 6) is 0.852. The molecule has 0 radical (unpaired) electrons. The summed E-state index contributed by atoms with van der Waals surface area (Å²) < 4.78 is 68.3. The van der Waals surface area contributed by atoms with Gasteiger partial charge in [-0.1, -0.05) is 306 Å². The Hall–Kier alpha value is -1.94. The number of phosphoric acid groups is 2. The lowest BCUT2D eigenvalue weighted by molar-refractivity contribution is -0.161. The number of hydrogen-bond donors (Lipinski definition) is 3. The molecule has 0 aromatic carbocycles. The highest BCUT2D eigenvalue weighted by Gasteiger charge is 2.30. The van der Waals surface area contributed by atoms with Gasteiger partial charge in [-0.05, 0) is 49.4 Å². The minimum atomic E-state index is -4.95. The highest BCUT2D eigenvalue weighted by atomic mass is 31.2. The molecular formula is C72H140O17P2. The van der Waals surface area contributed by atoms with Crippen LogP contribution < -0.4 is 0 Å². The van der Waals surface area contributed by atoms with E-state index in [9.17, 15) is 43.2 Å². The summed E-state index contributed by atoms with van der Waals surface area (Å²) in [7, 11) is -9.90. The first kappa shape index (κ1) is 89.1. The number of aliphatic hydroxyl groups excluding tert-OH is 1. The molecule has 0 fully saturated rings. The number of rotatable bonds is 69. The number of carbonyl (C=O) groups excluding carboxylic acids is 4. The summed E-state index contributed by atoms with van der Waals surface area (Å²) in [5.41, 5.74) is 0. The molecule has 0 aliphatic heterocycles. The van der Waals surface area contributed by atoms with Crippen molar-refractivity contribution in [2.75, 3.05) is 39.6 Å². The van der Waals surface area contributed by atoms with E-state index in [2.05, 4.69) is 55.4 Å². The Morgan fingerprint density at radius 2 is 0.527 bits per heavy atom. The van der Waals surface area contributed by atoms with Crippen LogP contribution in [0.5, 0.6) is 0 Å². The molecule has 0 amide bonds. The molecule has 0 heterocycles. The average Bonchev–Trinajstić information content (AvgIpc) is 3.70. The van der Waals surface area contributed by atoms with E-state index in [0.29, 0.717) is 37.5 Å². The highest BCUT2D eigenvalue weighted by molar-refractivity contribution is 7.47. The van der Waals surface area contributed by atoms with E-state index in [4.69, 9.17) is 37.0 Å². The fourth-order valence-electron chi connectivity index (χ4n) is 10.8.